The minimum Gasteiger partial charge on any atom is -0.368 e. The van der Waals surface area contributed by atoms with Crippen LogP contribution in [0.4, 0.5) is 0 Å². The lowest BCUT2D eigenvalue weighted by Crippen LogP contribution is -2.43. The molecule has 1 atom stereocenters. The summed E-state index contributed by atoms with van der Waals surface area (Å²) in [6, 6.07) is -0.616. The zero-order chi connectivity index (χ0) is 12.6. The van der Waals surface area contributed by atoms with E-state index in [1.807, 2.05) is 0 Å². The molecule has 0 aromatic heterocycles. The molecule has 6 heteroatoms. The first kappa shape index (κ1) is 14.4. The summed E-state index contributed by atoms with van der Waals surface area (Å²) in [5, 5.41) is 5.12. The van der Waals surface area contributed by atoms with E-state index in [2.05, 4.69) is 10.6 Å². The zero-order valence-corrected chi connectivity index (χ0v) is 9.71. The number of carbonyl (C=O) groups excluding carboxylic acids is 3. The highest BCUT2D eigenvalue weighted by Gasteiger charge is 2.15. The van der Waals surface area contributed by atoms with E-state index >= 15 is 0 Å². The molecule has 0 saturated heterocycles. The van der Waals surface area contributed by atoms with Gasteiger partial charge in [-0.3, -0.25) is 14.4 Å². The van der Waals surface area contributed by atoms with Crippen molar-refractivity contribution in [1.29, 1.82) is 0 Å². The molecule has 0 bridgehead atoms. The number of unbranched alkanes of at least 4 members (excludes halogenated alkanes) is 1. The molecule has 0 saturated carbocycles. The minimum absolute atomic E-state index is 0.0756. The Hall–Kier alpha value is -1.59. The van der Waals surface area contributed by atoms with Gasteiger partial charge in [-0.05, 0) is 19.3 Å². The molecular formula is C10H19N3O3. The Balaban J connectivity index is 3.72. The lowest BCUT2D eigenvalue weighted by molar-refractivity contribution is -0.126. The number of amides is 3. The highest BCUT2D eigenvalue weighted by Crippen LogP contribution is 2.00. The van der Waals surface area contributed by atoms with Gasteiger partial charge in [0.25, 0.3) is 0 Å². The first-order valence-corrected chi connectivity index (χ1v) is 5.24. The van der Waals surface area contributed by atoms with Crippen LogP contribution in [0.25, 0.3) is 0 Å². The molecule has 0 aliphatic rings. The maximum atomic E-state index is 10.9. The number of rotatable bonds is 7. The molecule has 0 heterocycles. The molecule has 0 aromatic rings. The van der Waals surface area contributed by atoms with Crippen molar-refractivity contribution in [1.82, 2.24) is 10.6 Å². The molecule has 0 aromatic carbocycles. The van der Waals surface area contributed by atoms with E-state index in [0.29, 0.717) is 19.4 Å². The molecule has 4 N–H and O–H groups in total. The lowest BCUT2D eigenvalue weighted by Gasteiger charge is -2.13. The van der Waals surface area contributed by atoms with Crippen LogP contribution in [-0.4, -0.2) is 30.3 Å². The van der Waals surface area contributed by atoms with Crippen LogP contribution in [0.15, 0.2) is 0 Å². The van der Waals surface area contributed by atoms with Crippen LogP contribution in [0.5, 0.6) is 0 Å². The smallest absolute Gasteiger partial charge is 0.239 e. The van der Waals surface area contributed by atoms with Crippen LogP contribution in [-0.2, 0) is 14.4 Å². The fourth-order valence-electron chi connectivity index (χ4n) is 1.27. The maximum Gasteiger partial charge on any atom is 0.239 e. The van der Waals surface area contributed by atoms with Gasteiger partial charge in [0.05, 0.1) is 0 Å². The van der Waals surface area contributed by atoms with Crippen LogP contribution in [0.2, 0.25) is 0 Å². The van der Waals surface area contributed by atoms with Crippen LogP contribution < -0.4 is 16.4 Å². The van der Waals surface area contributed by atoms with Gasteiger partial charge in [0, 0.05) is 20.4 Å². The normalized spacial score (nSPS) is 11.6. The number of hydrogen-bond donors (Lipinski definition) is 3. The van der Waals surface area contributed by atoms with Crippen molar-refractivity contribution in [3.05, 3.63) is 0 Å². The largest absolute Gasteiger partial charge is 0.368 e. The van der Waals surface area contributed by atoms with Crippen molar-refractivity contribution >= 4 is 17.7 Å². The highest BCUT2D eigenvalue weighted by atomic mass is 16.2. The fourth-order valence-corrected chi connectivity index (χ4v) is 1.27. The third kappa shape index (κ3) is 7.78. The summed E-state index contributed by atoms with van der Waals surface area (Å²) in [6.07, 6.45) is 1.96. The van der Waals surface area contributed by atoms with Crippen molar-refractivity contribution in [2.24, 2.45) is 5.73 Å². The molecule has 0 unspecified atom stereocenters. The quantitative estimate of drug-likeness (QED) is 0.502. The number of nitrogens with one attached hydrogen (secondary N) is 2. The number of nitrogens with two attached hydrogens (primary N) is 1. The number of primary amides is 1. The summed E-state index contributed by atoms with van der Waals surface area (Å²) >= 11 is 0. The van der Waals surface area contributed by atoms with E-state index in [4.69, 9.17) is 5.73 Å². The SMILES string of the molecule is CC(=O)NCCCC[C@H](NC(C)=O)C(N)=O. The summed E-state index contributed by atoms with van der Waals surface area (Å²) in [4.78, 5) is 32.3. The minimum atomic E-state index is -0.616. The molecule has 0 spiro atoms. The van der Waals surface area contributed by atoms with Crippen molar-refractivity contribution in [2.45, 2.75) is 39.2 Å². The van der Waals surface area contributed by atoms with Crippen LogP contribution in [0.1, 0.15) is 33.1 Å². The van der Waals surface area contributed by atoms with E-state index in [-0.39, 0.29) is 11.8 Å². The fraction of sp³-hybridized carbons (Fsp3) is 0.700. The van der Waals surface area contributed by atoms with Crippen LogP contribution in [0, 0.1) is 0 Å². The predicted octanol–water partition coefficient (Wildman–Crippen LogP) is -0.717. The van der Waals surface area contributed by atoms with Gasteiger partial charge in [-0.2, -0.15) is 0 Å². The van der Waals surface area contributed by atoms with E-state index in [1.165, 1.54) is 13.8 Å². The predicted molar refractivity (Wildman–Crippen MR) is 59.3 cm³/mol. The van der Waals surface area contributed by atoms with Gasteiger partial charge in [-0.15, -0.1) is 0 Å². The Morgan fingerprint density at radius 3 is 2.19 bits per heavy atom. The van der Waals surface area contributed by atoms with E-state index in [9.17, 15) is 14.4 Å². The Morgan fingerprint density at radius 2 is 1.75 bits per heavy atom. The zero-order valence-electron chi connectivity index (χ0n) is 9.71. The molecule has 0 aliphatic heterocycles. The molecule has 6 nitrogen and oxygen atoms in total. The van der Waals surface area contributed by atoms with Gasteiger partial charge in [0.15, 0.2) is 0 Å². The van der Waals surface area contributed by atoms with Gasteiger partial charge in [-0.25, -0.2) is 0 Å². The van der Waals surface area contributed by atoms with Crippen molar-refractivity contribution in [3.8, 4) is 0 Å². The molecule has 16 heavy (non-hydrogen) atoms. The van der Waals surface area contributed by atoms with Gasteiger partial charge < -0.3 is 16.4 Å². The van der Waals surface area contributed by atoms with E-state index in [0.717, 1.165) is 6.42 Å². The molecule has 0 radical (unpaired) electrons. The summed E-state index contributed by atoms with van der Waals surface area (Å²) < 4.78 is 0. The average Bonchev–Trinajstić information content (AvgIpc) is 2.14. The topological polar surface area (TPSA) is 101 Å². The van der Waals surface area contributed by atoms with Gasteiger partial charge in [-0.1, -0.05) is 0 Å². The Kier molecular flexibility index (Phi) is 6.91. The molecule has 0 rings (SSSR count). The lowest BCUT2D eigenvalue weighted by atomic mass is 10.1. The second-order valence-electron chi connectivity index (χ2n) is 3.63. The Labute approximate surface area is 94.9 Å². The molecule has 92 valence electrons. The second-order valence-corrected chi connectivity index (χ2v) is 3.63. The average molecular weight is 229 g/mol. The van der Waals surface area contributed by atoms with Gasteiger partial charge in [0.1, 0.15) is 6.04 Å². The molecular weight excluding hydrogens is 210 g/mol. The number of hydrogen-bond acceptors (Lipinski definition) is 3. The third-order valence-corrected chi connectivity index (χ3v) is 2.01. The Bertz CT molecular complexity index is 266. The second kappa shape index (κ2) is 7.67. The van der Waals surface area contributed by atoms with Crippen molar-refractivity contribution < 1.29 is 14.4 Å². The molecule has 0 fully saturated rings. The van der Waals surface area contributed by atoms with E-state index in [1.54, 1.807) is 0 Å². The first-order valence-electron chi connectivity index (χ1n) is 5.24. The standard InChI is InChI=1S/C10H19N3O3/c1-7(14)12-6-4-3-5-9(10(11)16)13-8(2)15/h9H,3-6H2,1-2H3,(H2,11,16)(H,12,14)(H,13,15)/t9-/m0/s1. The Morgan fingerprint density at radius 1 is 1.12 bits per heavy atom. The summed E-state index contributed by atoms with van der Waals surface area (Å²) in [5.41, 5.74) is 5.12. The van der Waals surface area contributed by atoms with Gasteiger partial charge in [0.2, 0.25) is 17.7 Å². The first-order chi connectivity index (χ1) is 7.43. The van der Waals surface area contributed by atoms with Gasteiger partial charge >= 0.3 is 0 Å². The van der Waals surface area contributed by atoms with Crippen LogP contribution in [0.3, 0.4) is 0 Å². The molecule has 0 aliphatic carbocycles. The number of carbonyl (C=O) groups is 3. The summed E-state index contributed by atoms with van der Waals surface area (Å²) in [5.74, 6) is -0.881. The third-order valence-electron chi connectivity index (χ3n) is 2.01. The summed E-state index contributed by atoms with van der Waals surface area (Å²) in [6.45, 7) is 3.36. The highest BCUT2D eigenvalue weighted by molar-refractivity contribution is 5.85. The summed E-state index contributed by atoms with van der Waals surface area (Å²) in [7, 11) is 0. The maximum absolute atomic E-state index is 10.9. The van der Waals surface area contributed by atoms with E-state index < -0.39 is 11.9 Å². The van der Waals surface area contributed by atoms with Crippen molar-refractivity contribution in [3.63, 3.8) is 0 Å². The van der Waals surface area contributed by atoms with Crippen LogP contribution >= 0.6 is 0 Å². The van der Waals surface area contributed by atoms with Crippen molar-refractivity contribution in [2.75, 3.05) is 6.54 Å². The monoisotopic (exact) mass is 229 g/mol. The molecule has 3 amide bonds.